The Balaban J connectivity index is 2.06. The van der Waals surface area contributed by atoms with Crippen molar-refractivity contribution >= 4 is 5.97 Å². The Morgan fingerprint density at radius 3 is 1.92 bits per heavy atom. The first-order valence-corrected chi connectivity index (χ1v) is 8.22. The summed E-state index contributed by atoms with van der Waals surface area (Å²) >= 11 is 0. The molecule has 0 aromatic rings. The first-order chi connectivity index (χ1) is 11.1. The van der Waals surface area contributed by atoms with Gasteiger partial charge in [-0.1, -0.05) is 6.92 Å². The van der Waals surface area contributed by atoms with Crippen LogP contribution in [-0.2, 0) is 9.53 Å². The minimum absolute atomic E-state index is 0.0238. The van der Waals surface area contributed by atoms with Crippen LogP contribution in [-0.4, -0.2) is 35.1 Å². The summed E-state index contributed by atoms with van der Waals surface area (Å²) in [5, 5.41) is 9.83. The van der Waals surface area contributed by atoms with Crippen molar-refractivity contribution in [3.63, 3.8) is 0 Å². The molecule has 1 N–H and O–H groups in total. The molecule has 2 bridgehead atoms. The highest BCUT2D eigenvalue weighted by Gasteiger charge is 2.63. The second-order valence-corrected chi connectivity index (χ2v) is 7.61. The van der Waals surface area contributed by atoms with E-state index in [0.717, 1.165) is 13.8 Å². The van der Waals surface area contributed by atoms with Gasteiger partial charge in [-0.05, 0) is 57.3 Å². The molecular weight excluding hydrogens is 354 g/mol. The van der Waals surface area contributed by atoms with Crippen molar-refractivity contribution < 1.29 is 41.0 Å². The molecule has 0 radical (unpaired) electrons. The molecule has 2 aliphatic rings. The minimum Gasteiger partial charge on any atom is -0.461 e. The molecule has 2 fully saturated rings. The summed E-state index contributed by atoms with van der Waals surface area (Å²) < 4.78 is 83.3. The first kappa shape index (κ1) is 20.3. The number of alkyl halides is 6. The van der Waals surface area contributed by atoms with E-state index in [1.807, 2.05) is 0 Å². The van der Waals surface area contributed by atoms with Gasteiger partial charge in [0.05, 0.1) is 0 Å². The smallest absolute Gasteiger partial charge is 0.417 e. The number of hydrogen-bond acceptors (Lipinski definition) is 3. The van der Waals surface area contributed by atoms with E-state index in [-0.39, 0.29) is 12.8 Å². The number of rotatable bonds is 4. The fraction of sp³-hybridized carbons (Fsp3) is 0.938. The monoisotopic (exact) mass is 376 g/mol. The van der Waals surface area contributed by atoms with Crippen molar-refractivity contribution in [1.29, 1.82) is 0 Å². The predicted molar refractivity (Wildman–Crippen MR) is 75.3 cm³/mol. The van der Waals surface area contributed by atoms with Crippen molar-refractivity contribution in [2.24, 2.45) is 23.2 Å². The molecule has 9 heteroatoms. The van der Waals surface area contributed by atoms with Crippen molar-refractivity contribution in [2.45, 2.75) is 70.5 Å². The van der Waals surface area contributed by atoms with Crippen molar-refractivity contribution in [3.8, 4) is 0 Å². The van der Waals surface area contributed by atoms with Gasteiger partial charge in [0.15, 0.2) is 11.0 Å². The molecule has 0 heterocycles. The number of esters is 1. The standard InChI is InChI=1S/C16H22F6O3/c1-4-13(2,15(17,18)19)12(23)25-11-7-8-5-9(11)6-10(8)14(3,24)16(20,21)22/h8-11,24H,4-7H2,1-3H3. The molecule has 6 unspecified atom stereocenters. The molecule has 6 atom stereocenters. The number of fused-ring (bicyclic) bond motifs is 2. The number of carbonyl (C=O) groups excluding carboxylic acids is 1. The first-order valence-electron chi connectivity index (χ1n) is 8.22. The third kappa shape index (κ3) is 3.24. The molecule has 2 aliphatic carbocycles. The van der Waals surface area contributed by atoms with Gasteiger partial charge >= 0.3 is 18.3 Å². The second-order valence-electron chi connectivity index (χ2n) is 7.61. The zero-order chi connectivity index (χ0) is 19.4. The normalized spacial score (nSPS) is 34.5. The molecular formula is C16H22F6O3. The maximum absolute atomic E-state index is 13.1. The van der Waals surface area contributed by atoms with Crippen LogP contribution in [0, 0.1) is 23.2 Å². The summed E-state index contributed by atoms with van der Waals surface area (Å²) in [4.78, 5) is 12.0. The van der Waals surface area contributed by atoms with Gasteiger partial charge in [-0.25, -0.2) is 0 Å². The number of aliphatic hydroxyl groups is 1. The average molecular weight is 376 g/mol. The molecule has 0 aromatic carbocycles. The fourth-order valence-electron chi connectivity index (χ4n) is 3.99. The number of carbonyl (C=O) groups is 1. The number of hydrogen-bond donors (Lipinski definition) is 1. The van der Waals surface area contributed by atoms with Crippen LogP contribution in [0.25, 0.3) is 0 Å². The van der Waals surface area contributed by atoms with Crippen molar-refractivity contribution in [3.05, 3.63) is 0 Å². The van der Waals surface area contributed by atoms with Gasteiger partial charge in [0.2, 0.25) is 0 Å². The number of ether oxygens (including phenoxy) is 1. The lowest BCUT2D eigenvalue weighted by Crippen LogP contribution is -2.51. The van der Waals surface area contributed by atoms with E-state index in [1.165, 1.54) is 6.92 Å². The highest BCUT2D eigenvalue weighted by Crippen LogP contribution is 2.56. The third-order valence-corrected chi connectivity index (χ3v) is 6.13. The van der Waals surface area contributed by atoms with Crippen molar-refractivity contribution in [2.75, 3.05) is 0 Å². The van der Waals surface area contributed by atoms with Crippen LogP contribution in [0.2, 0.25) is 0 Å². The highest BCUT2D eigenvalue weighted by atomic mass is 19.4. The Hall–Kier alpha value is -0.990. The van der Waals surface area contributed by atoms with Crippen LogP contribution >= 0.6 is 0 Å². The molecule has 2 saturated carbocycles. The lowest BCUT2D eigenvalue weighted by molar-refractivity contribution is -0.278. The zero-order valence-electron chi connectivity index (χ0n) is 14.2. The molecule has 0 aliphatic heterocycles. The van der Waals surface area contributed by atoms with Gasteiger partial charge in [0.25, 0.3) is 0 Å². The lowest BCUT2D eigenvalue weighted by atomic mass is 9.76. The second kappa shape index (κ2) is 6.03. The molecule has 146 valence electrons. The Morgan fingerprint density at radius 2 is 1.56 bits per heavy atom. The Bertz CT molecular complexity index is 527. The van der Waals surface area contributed by atoms with Crippen LogP contribution in [0.3, 0.4) is 0 Å². The minimum atomic E-state index is -4.79. The van der Waals surface area contributed by atoms with Gasteiger partial charge in [-0.15, -0.1) is 0 Å². The van der Waals surface area contributed by atoms with E-state index in [4.69, 9.17) is 4.74 Å². The van der Waals surface area contributed by atoms with E-state index in [0.29, 0.717) is 6.42 Å². The molecule has 3 nitrogen and oxygen atoms in total. The highest BCUT2D eigenvalue weighted by molar-refractivity contribution is 5.77. The zero-order valence-corrected chi connectivity index (χ0v) is 14.2. The van der Waals surface area contributed by atoms with E-state index in [1.54, 1.807) is 0 Å². The lowest BCUT2D eigenvalue weighted by Gasteiger charge is -2.39. The topological polar surface area (TPSA) is 46.5 Å². The fourth-order valence-corrected chi connectivity index (χ4v) is 3.99. The van der Waals surface area contributed by atoms with Crippen molar-refractivity contribution in [1.82, 2.24) is 0 Å². The largest absolute Gasteiger partial charge is 0.461 e. The average Bonchev–Trinajstić information content (AvgIpc) is 3.03. The Labute approximate surface area is 141 Å². The van der Waals surface area contributed by atoms with Gasteiger partial charge < -0.3 is 9.84 Å². The predicted octanol–water partition coefficient (Wildman–Crippen LogP) is 4.24. The van der Waals surface area contributed by atoms with Crippen LogP contribution in [0.4, 0.5) is 26.3 Å². The summed E-state index contributed by atoms with van der Waals surface area (Å²) in [7, 11) is 0. The van der Waals surface area contributed by atoms with Crippen LogP contribution in [0.5, 0.6) is 0 Å². The summed E-state index contributed by atoms with van der Waals surface area (Å²) in [6.07, 6.45) is -10.5. The maximum Gasteiger partial charge on any atom is 0.417 e. The number of halogens is 6. The molecule has 25 heavy (non-hydrogen) atoms. The maximum atomic E-state index is 13.1. The summed E-state index contributed by atoms with van der Waals surface area (Å²) in [6.45, 7) is 2.71. The van der Waals surface area contributed by atoms with Gasteiger partial charge in [-0.2, -0.15) is 26.3 Å². The molecule has 0 amide bonds. The Morgan fingerprint density at radius 1 is 1.00 bits per heavy atom. The third-order valence-electron chi connectivity index (χ3n) is 6.13. The molecule has 0 aromatic heterocycles. The van der Waals surface area contributed by atoms with Gasteiger partial charge in [0, 0.05) is 0 Å². The molecule has 2 rings (SSSR count). The SMILES string of the molecule is CCC(C)(C(=O)OC1CC2CC1CC2C(C)(O)C(F)(F)F)C(F)(F)F. The summed E-state index contributed by atoms with van der Waals surface area (Å²) in [5.74, 6) is -3.41. The van der Waals surface area contributed by atoms with Crippen LogP contribution < -0.4 is 0 Å². The molecule has 0 saturated heterocycles. The van der Waals surface area contributed by atoms with E-state index in [2.05, 4.69) is 0 Å². The van der Waals surface area contributed by atoms with E-state index >= 15 is 0 Å². The quantitative estimate of drug-likeness (QED) is 0.590. The van der Waals surface area contributed by atoms with E-state index < -0.39 is 59.6 Å². The summed E-state index contributed by atoms with van der Waals surface area (Å²) in [5.41, 5.74) is -5.49. The Kier molecular flexibility index (Phi) is 4.90. The van der Waals surface area contributed by atoms with E-state index in [9.17, 15) is 36.2 Å². The molecule has 0 spiro atoms. The van der Waals surface area contributed by atoms with Gasteiger partial charge in [0.1, 0.15) is 6.10 Å². The van der Waals surface area contributed by atoms with Gasteiger partial charge in [-0.3, -0.25) is 4.79 Å². The summed E-state index contributed by atoms with van der Waals surface area (Å²) in [6, 6.07) is 0. The van der Waals surface area contributed by atoms with Crippen LogP contribution in [0.1, 0.15) is 46.5 Å². The van der Waals surface area contributed by atoms with Crippen LogP contribution in [0.15, 0.2) is 0 Å².